The van der Waals surface area contributed by atoms with Crippen molar-refractivity contribution < 1.29 is 9.53 Å². The van der Waals surface area contributed by atoms with Crippen molar-refractivity contribution >= 4 is 17.5 Å². The zero-order valence-electron chi connectivity index (χ0n) is 12.8. The summed E-state index contributed by atoms with van der Waals surface area (Å²) in [5, 5.41) is 0. The van der Waals surface area contributed by atoms with Crippen LogP contribution in [-0.4, -0.2) is 42.8 Å². The van der Waals surface area contributed by atoms with Gasteiger partial charge in [0.15, 0.2) is 5.69 Å². The Morgan fingerprint density at radius 3 is 2.19 bits per heavy atom. The number of carbonyl (C=O) groups excluding carboxylic acids is 1. The van der Waals surface area contributed by atoms with Gasteiger partial charge >= 0.3 is 6.09 Å². The minimum Gasteiger partial charge on any atom is -0.444 e. The molecule has 112 valence electrons. The van der Waals surface area contributed by atoms with Crippen LogP contribution in [0, 0.1) is 6.57 Å². The standard InChI is InChI=1S/C16H21N3O2/c1-16(2,3)21-15(20)19-11-9-18(10-12-19)14-7-5-13(17-4)6-8-14/h5-8H,9-12H2,1-3H3. The number of benzene rings is 1. The third-order valence-corrected chi connectivity index (χ3v) is 3.28. The number of ether oxygens (including phenoxy) is 1. The van der Waals surface area contributed by atoms with Crippen molar-refractivity contribution in [3.05, 3.63) is 35.7 Å². The van der Waals surface area contributed by atoms with E-state index in [1.165, 1.54) is 0 Å². The lowest BCUT2D eigenvalue weighted by atomic mass is 10.2. The van der Waals surface area contributed by atoms with Gasteiger partial charge in [-0.3, -0.25) is 0 Å². The maximum absolute atomic E-state index is 12.0. The third kappa shape index (κ3) is 4.12. The van der Waals surface area contributed by atoms with E-state index in [2.05, 4.69) is 9.74 Å². The van der Waals surface area contributed by atoms with Crippen LogP contribution in [0.15, 0.2) is 24.3 Å². The molecular formula is C16H21N3O2. The van der Waals surface area contributed by atoms with Gasteiger partial charge < -0.3 is 14.5 Å². The lowest BCUT2D eigenvalue weighted by molar-refractivity contribution is 0.0240. The second kappa shape index (κ2) is 6.04. The van der Waals surface area contributed by atoms with Gasteiger partial charge in [-0.05, 0) is 32.9 Å². The van der Waals surface area contributed by atoms with E-state index in [9.17, 15) is 4.79 Å². The second-order valence-electron chi connectivity index (χ2n) is 6.08. The van der Waals surface area contributed by atoms with Crippen LogP contribution in [-0.2, 0) is 4.74 Å². The quantitative estimate of drug-likeness (QED) is 0.744. The highest BCUT2D eigenvalue weighted by atomic mass is 16.6. The molecule has 2 rings (SSSR count). The van der Waals surface area contributed by atoms with Gasteiger partial charge in [-0.15, -0.1) is 0 Å². The van der Waals surface area contributed by atoms with Crippen LogP contribution in [0.1, 0.15) is 20.8 Å². The van der Waals surface area contributed by atoms with Gasteiger partial charge in [0.1, 0.15) is 5.60 Å². The van der Waals surface area contributed by atoms with E-state index in [1.807, 2.05) is 45.0 Å². The monoisotopic (exact) mass is 287 g/mol. The predicted octanol–water partition coefficient (Wildman–Crippen LogP) is 3.29. The van der Waals surface area contributed by atoms with Crippen molar-refractivity contribution in [3.63, 3.8) is 0 Å². The molecule has 1 aromatic rings. The summed E-state index contributed by atoms with van der Waals surface area (Å²) in [6.07, 6.45) is -0.245. The Morgan fingerprint density at radius 1 is 1.14 bits per heavy atom. The number of hydrogen-bond acceptors (Lipinski definition) is 3. The molecule has 0 bridgehead atoms. The molecule has 1 aromatic carbocycles. The normalized spacial score (nSPS) is 15.5. The van der Waals surface area contributed by atoms with E-state index in [0.717, 1.165) is 18.8 Å². The van der Waals surface area contributed by atoms with Crippen molar-refractivity contribution in [3.8, 4) is 0 Å². The minimum absolute atomic E-state index is 0.245. The molecule has 1 fully saturated rings. The first kappa shape index (κ1) is 15.2. The number of piperazine rings is 1. The zero-order chi connectivity index (χ0) is 15.5. The molecule has 0 unspecified atom stereocenters. The fourth-order valence-corrected chi connectivity index (χ4v) is 2.21. The number of nitrogens with zero attached hydrogens (tertiary/aromatic N) is 3. The maximum atomic E-state index is 12.0. The molecule has 0 saturated carbocycles. The molecule has 1 aliphatic rings. The Morgan fingerprint density at radius 2 is 1.71 bits per heavy atom. The molecule has 0 aromatic heterocycles. The first-order valence-corrected chi connectivity index (χ1v) is 7.09. The van der Waals surface area contributed by atoms with E-state index >= 15 is 0 Å². The highest BCUT2D eigenvalue weighted by molar-refractivity contribution is 5.68. The molecule has 1 aliphatic heterocycles. The molecule has 1 heterocycles. The molecule has 0 radical (unpaired) electrons. The maximum Gasteiger partial charge on any atom is 0.410 e. The molecule has 0 spiro atoms. The molecule has 1 amide bonds. The van der Waals surface area contributed by atoms with E-state index < -0.39 is 5.60 Å². The van der Waals surface area contributed by atoms with Crippen molar-refractivity contribution in [2.75, 3.05) is 31.1 Å². The van der Waals surface area contributed by atoms with Gasteiger partial charge in [0.25, 0.3) is 0 Å². The molecule has 0 aliphatic carbocycles. The van der Waals surface area contributed by atoms with Crippen molar-refractivity contribution in [2.24, 2.45) is 0 Å². The number of rotatable bonds is 1. The Labute approximate surface area is 125 Å². The molecule has 0 atom stereocenters. The summed E-state index contributed by atoms with van der Waals surface area (Å²) in [7, 11) is 0. The Kier molecular flexibility index (Phi) is 4.37. The van der Waals surface area contributed by atoms with Crippen LogP contribution in [0.5, 0.6) is 0 Å². The van der Waals surface area contributed by atoms with Crippen LogP contribution < -0.4 is 4.90 Å². The molecule has 21 heavy (non-hydrogen) atoms. The summed E-state index contributed by atoms with van der Waals surface area (Å²) in [5.41, 5.74) is 1.28. The van der Waals surface area contributed by atoms with Gasteiger partial charge in [-0.1, -0.05) is 12.1 Å². The third-order valence-electron chi connectivity index (χ3n) is 3.28. The van der Waals surface area contributed by atoms with Gasteiger partial charge in [-0.25, -0.2) is 9.64 Å². The van der Waals surface area contributed by atoms with Gasteiger partial charge in [0.05, 0.1) is 6.57 Å². The predicted molar refractivity (Wildman–Crippen MR) is 82.7 cm³/mol. The fraction of sp³-hybridized carbons (Fsp3) is 0.500. The molecular weight excluding hydrogens is 266 g/mol. The van der Waals surface area contributed by atoms with E-state index in [1.54, 1.807) is 4.90 Å². The largest absolute Gasteiger partial charge is 0.444 e. The number of anilines is 1. The average Bonchev–Trinajstić information content (AvgIpc) is 2.46. The van der Waals surface area contributed by atoms with Crippen LogP contribution >= 0.6 is 0 Å². The van der Waals surface area contributed by atoms with Crippen LogP contribution in [0.3, 0.4) is 0 Å². The lowest BCUT2D eigenvalue weighted by Gasteiger charge is -2.36. The molecule has 0 N–H and O–H groups in total. The summed E-state index contributed by atoms with van der Waals surface area (Å²) in [5.74, 6) is 0. The number of hydrogen-bond donors (Lipinski definition) is 0. The summed E-state index contributed by atoms with van der Waals surface area (Å²) in [6, 6.07) is 7.55. The van der Waals surface area contributed by atoms with Gasteiger partial charge in [-0.2, -0.15) is 0 Å². The van der Waals surface area contributed by atoms with Crippen molar-refractivity contribution in [2.45, 2.75) is 26.4 Å². The second-order valence-corrected chi connectivity index (χ2v) is 6.08. The summed E-state index contributed by atoms with van der Waals surface area (Å²) < 4.78 is 5.38. The van der Waals surface area contributed by atoms with Crippen LogP contribution in [0.25, 0.3) is 4.85 Å². The molecule has 5 nitrogen and oxygen atoms in total. The fourth-order valence-electron chi connectivity index (χ4n) is 2.21. The summed E-state index contributed by atoms with van der Waals surface area (Å²) in [4.78, 5) is 19.3. The Bertz CT molecular complexity index is 532. The highest BCUT2D eigenvalue weighted by Crippen LogP contribution is 2.21. The lowest BCUT2D eigenvalue weighted by Crippen LogP contribution is -2.50. The first-order chi connectivity index (χ1) is 9.89. The zero-order valence-corrected chi connectivity index (χ0v) is 12.8. The van der Waals surface area contributed by atoms with Gasteiger partial charge in [0, 0.05) is 31.9 Å². The summed E-state index contributed by atoms with van der Waals surface area (Å²) >= 11 is 0. The average molecular weight is 287 g/mol. The smallest absolute Gasteiger partial charge is 0.410 e. The highest BCUT2D eigenvalue weighted by Gasteiger charge is 2.25. The summed E-state index contributed by atoms with van der Waals surface area (Å²) in [6.45, 7) is 15.4. The number of amides is 1. The first-order valence-electron chi connectivity index (χ1n) is 7.09. The number of carbonyl (C=O) groups is 1. The Balaban J connectivity index is 1.91. The minimum atomic E-state index is -0.455. The van der Waals surface area contributed by atoms with Crippen molar-refractivity contribution in [1.82, 2.24) is 4.90 Å². The van der Waals surface area contributed by atoms with E-state index in [4.69, 9.17) is 11.3 Å². The van der Waals surface area contributed by atoms with E-state index in [-0.39, 0.29) is 6.09 Å². The SMILES string of the molecule is [C-]#[N+]c1ccc(N2CCN(C(=O)OC(C)(C)C)CC2)cc1. The van der Waals surface area contributed by atoms with Gasteiger partial charge in [0.2, 0.25) is 0 Å². The van der Waals surface area contributed by atoms with Crippen LogP contribution in [0.4, 0.5) is 16.2 Å². The molecule has 5 heteroatoms. The van der Waals surface area contributed by atoms with E-state index in [0.29, 0.717) is 18.8 Å². The Hall–Kier alpha value is -2.22. The van der Waals surface area contributed by atoms with Crippen molar-refractivity contribution in [1.29, 1.82) is 0 Å². The molecule has 1 saturated heterocycles. The topological polar surface area (TPSA) is 37.1 Å². The van der Waals surface area contributed by atoms with Crippen LogP contribution in [0.2, 0.25) is 0 Å².